The Morgan fingerprint density at radius 1 is 1.29 bits per heavy atom. The van der Waals surface area contributed by atoms with Gasteiger partial charge in [0.05, 0.1) is 0 Å². The number of hydrogen-bond donors (Lipinski definition) is 2. The molecule has 1 rings (SSSR count). The van der Waals surface area contributed by atoms with Crippen LogP contribution >= 0.6 is 11.8 Å². The van der Waals surface area contributed by atoms with Gasteiger partial charge >= 0.3 is 0 Å². The van der Waals surface area contributed by atoms with Crippen molar-refractivity contribution in [3.8, 4) is 0 Å². The second-order valence-electron chi connectivity index (χ2n) is 3.92. The molecule has 0 bridgehead atoms. The topological polar surface area (TPSA) is 49.8 Å². The monoisotopic (exact) mass is 254 g/mol. The van der Waals surface area contributed by atoms with Gasteiger partial charge in [-0.3, -0.25) is 0 Å². The Morgan fingerprint density at radius 2 is 2.06 bits per heavy atom. The SMILES string of the molecule is CCCNc1cc(NC(C)CSCC)ncn1. The van der Waals surface area contributed by atoms with Crippen LogP contribution in [0.1, 0.15) is 27.2 Å². The molecule has 1 aromatic rings. The minimum absolute atomic E-state index is 0.425. The van der Waals surface area contributed by atoms with Crippen molar-refractivity contribution in [2.75, 3.05) is 28.7 Å². The highest BCUT2D eigenvalue weighted by molar-refractivity contribution is 7.99. The second-order valence-corrected chi connectivity index (χ2v) is 5.24. The van der Waals surface area contributed by atoms with Crippen molar-refractivity contribution in [1.82, 2.24) is 9.97 Å². The third-order valence-corrected chi connectivity index (χ3v) is 3.33. The molecule has 0 saturated carbocycles. The molecule has 1 atom stereocenters. The lowest BCUT2D eigenvalue weighted by atomic mass is 10.4. The lowest BCUT2D eigenvalue weighted by Gasteiger charge is -2.14. The Kier molecular flexibility index (Phi) is 6.77. The van der Waals surface area contributed by atoms with Gasteiger partial charge in [-0.25, -0.2) is 9.97 Å². The van der Waals surface area contributed by atoms with Crippen LogP contribution in [0.5, 0.6) is 0 Å². The predicted molar refractivity (Wildman–Crippen MR) is 76.9 cm³/mol. The summed E-state index contributed by atoms with van der Waals surface area (Å²) in [4.78, 5) is 8.40. The van der Waals surface area contributed by atoms with E-state index in [9.17, 15) is 0 Å². The number of aromatic nitrogens is 2. The first-order valence-electron chi connectivity index (χ1n) is 6.16. The molecule has 1 unspecified atom stereocenters. The zero-order valence-electron chi connectivity index (χ0n) is 10.9. The molecule has 0 aliphatic carbocycles. The molecule has 1 aromatic heterocycles. The number of hydrogen-bond acceptors (Lipinski definition) is 5. The molecule has 1 heterocycles. The van der Waals surface area contributed by atoms with Crippen LogP contribution in [0.2, 0.25) is 0 Å². The van der Waals surface area contributed by atoms with Gasteiger partial charge in [-0.1, -0.05) is 13.8 Å². The zero-order valence-corrected chi connectivity index (χ0v) is 11.7. The molecule has 96 valence electrons. The van der Waals surface area contributed by atoms with E-state index >= 15 is 0 Å². The smallest absolute Gasteiger partial charge is 0.131 e. The molecule has 0 fully saturated rings. The van der Waals surface area contributed by atoms with Crippen molar-refractivity contribution in [3.05, 3.63) is 12.4 Å². The van der Waals surface area contributed by atoms with Crippen molar-refractivity contribution >= 4 is 23.4 Å². The van der Waals surface area contributed by atoms with Crippen molar-refractivity contribution in [2.45, 2.75) is 33.2 Å². The number of rotatable bonds is 8. The summed E-state index contributed by atoms with van der Waals surface area (Å²) < 4.78 is 0. The maximum absolute atomic E-state index is 4.22. The molecule has 0 aliphatic heterocycles. The molecule has 0 aromatic carbocycles. The van der Waals surface area contributed by atoms with E-state index in [0.717, 1.165) is 36.1 Å². The van der Waals surface area contributed by atoms with Crippen molar-refractivity contribution in [2.24, 2.45) is 0 Å². The zero-order chi connectivity index (χ0) is 12.5. The maximum atomic E-state index is 4.22. The molecule has 0 saturated heterocycles. The molecule has 0 spiro atoms. The Balaban J connectivity index is 2.47. The minimum Gasteiger partial charge on any atom is -0.370 e. The number of thioether (sulfide) groups is 1. The largest absolute Gasteiger partial charge is 0.370 e. The Bertz CT molecular complexity index is 319. The van der Waals surface area contributed by atoms with E-state index in [1.807, 2.05) is 17.8 Å². The lowest BCUT2D eigenvalue weighted by molar-refractivity contribution is 0.897. The van der Waals surface area contributed by atoms with Crippen LogP contribution in [0, 0.1) is 0 Å². The molecule has 0 aliphatic rings. The summed E-state index contributed by atoms with van der Waals surface area (Å²) in [6, 6.07) is 2.39. The highest BCUT2D eigenvalue weighted by atomic mass is 32.2. The average molecular weight is 254 g/mol. The summed E-state index contributed by atoms with van der Waals surface area (Å²) in [6.07, 6.45) is 2.69. The van der Waals surface area contributed by atoms with Gasteiger partial charge in [-0.15, -0.1) is 0 Å². The molecule has 2 N–H and O–H groups in total. The van der Waals surface area contributed by atoms with Crippen LogP contribution < -0.4 is 10.6 Å². The number of nitrogens with one attached hydrogen (secondary N) is 2. The Hall–Kier alpha value is -0.970. The van der Waals surface area contributed by atoms with E-state index in [2.05, 4.69) is 41.4 Å². The van der Waals surface area contributed by atoms with Gasteiger partial charge in [0.2, 0.25) is 0 Å². The highest BCUT2D eigenvalue weighted by Gasteiger charge is 2.03. The van der Waals surface area contributed by atoms with Gasteiger partial charge in [0, 0.05) is 24.4 Å². The second kappa shape index (κ2) is 8.17. The molecule has 17 heavy (non-hydrogen) atoms. The Labute approximate surface area is 108 Å². The van der Waals surface area contributed by atoms with Crippen LogP contribution in [0.15, 0.2) is 12.4 Å². The van der Waals surface area contributed by atoms with E-state index in [4.69, 9.17) is 0 Å². The molecule has 0 radical (unpaired) electrons. The van der Waals surface area contributed by atoms with Crippen LogP contribution in [-0.2, 0) is 0 Å². The average Bonchev–Trinajstić information content (AvgIpc) is 2.34. The number of nitrogens with zero attached hydrogens (tertiary/aromatic N) is 2. The van der Waals surface area contributed by atoms with Crippen LogP contribution in [-0.4, -0.2) is 34.1 Å². The molecule has 5 heteroatoms. The van der Waals surface area contributed by atoms with Gasteiger partial charge in [-0.2, -0.15) is 11.8 Å². The Morgan fingerprint density at radius 3 is 2.76 bits per heavy atom. The van der Waals surface area contributed by atoms with Crippen molar-refractivity contribution in [1.29, 1.82) is 0 Å². The third kappa shape index (κ3) is 5.77. The normalized spacial score (nSPS) is 12.2. The summed E-state index contributed by atoms with van der Waals surface area (Å²) in [5, 5.41) is 6.64. The van der Waals surface area contributed by atoms with E-state index in [0.29, 0.717) is 6.04 Å². The van der Waals surface area contributed by atoms with Crippen LogP contribution in [0.25, 0.3) is 0 Å². The fourth-order valence-corrected chi connectivity index (χ4v) is 2.05. The standard InChI is InChI=1S/C12H22N4S/c1-4-6-13-11-7-12(15-9-14-11)16-10(3)8-17-5-2/h7,9-10H,4-6,8H2,1-3H3,(H2,13,14,15,16). The van der Waals surface area contributed by atoms with Gasteiger partial charge in [0.15, 0.2) is 0 Å². The van der Waals surface area contributed by atoms with Crippen LogP contribution in [0.3, 0.4) is 0 Å². The van der Waals surface area contributed by atoms with Crippen molar-refractivity contribution in [3.63, 3.8) is 0 Å². The molecule has 4 nitrogen and oxygen atoms in total. The van der Waals surface area contributed by atoms with Gasteiger partial charge in [-0.05, 0) is 19.1 Å². The first kappa shape index (κ1) is 14.1. The summed E-state index contributed by atoms with van der Waals surface area (Å²) in [7, 11) is 0. The van der Waals surface area contributed by atoms with Gasteiger partial charge in [0.1, 0.15) is 18.0 Å². The fourth-order valence-electron chi connectivity index (χ4n) is 1.37. The molecular weight excluding hydrogens is 232 g/mol. The summed E-state index contributed by atoms with van der Waals surface area (Å²) in [6.45, 7) is 7.42. The molecular formula is C12H22N4S. The lowest BCUT2D eigenvalue weighted by Crippen LogP contribution is -2.19. The predicted octanol–water partition coefficient (Wildman–Crippen LogP) is 2.85. The fraction of sp³-hybridized carbons (Fsp3) is 0.667. The van der Waals surface area contributed by atoms with E-state index < -0.39 is 0 Å². The van der Waals surface area contributed by atoms with E-state index in [1.165, 1.54) is 0 Å². The summed E-state index contributed by atoms with van der Waals surface area (Å²) >= 11 is 1.93. The summed E-state index contributed by atoms with van der Waals surface area (Å²) in [5.74, 6) is 4.03. The first-order chi connectivity index (χ1) is 8.26. The van der Waals surface area contributed by atoms with Gasteiger partial charge in [0.25, 0.3) is 0 Å². The highest BCUT2D eigenvalue weighted by Crippen LogP contribution is 2.11. The van der Waals surface area contributed by atoms with E-state index in [1.54, 1.807) is 6.33 Å². The quantitative estimate of drug-likeness (QED) is 0.747. The maximum Gasteiger partial charge on any atom is 0.131 e. The first-order valence-corrected chi connectivity index (χ1v) is 7.32. The van der Waals surface area contributed by atoms with E-state index in [-0.39, 0.29) is 0 Å². The molecule has 0 amide bonds. The minimum atomic E-state index is 0.425. The summed E-state index contributed by atoms with van der Waals surface area (Å²) in [5.41, 5.74) is 0. The van der Waals surface area contributed by atoms with Gasteiger partial charge < -0.3 is 10.6 Å². The van der Waals surface area contributed by atoms with Crippen LogP contribution in [0.4, 0.5) is 11.6 Å². The number of anilines is 2. The third-order valence-electron chi connectivity index (χ3n) is 2.19. The van der Waals surface area contributed by atoms with Crippen molar-refractivity contribution < 1.29 is 0 Å².